The summed E-state index contributed by atoms with van der Waals surface area (Å²) in [4.78, 5) is 19.9. The number of benzene rings is 1. The Balaban J connectivity index is 1.73. The molecule has 1 atom stereocenters. The summed E-state index contributed by atoms with van der Waals surface area (Å²) in [6, 6.07) is 10.00. The van der Waals surface area contributed by atoms with Crippen LogP contribution in [0.4, 0.5) is 0 Å². The van der Waals surface area contributed by atoms with Crippen LogP contribution in [0.2, 0.25) is 0 Å². The van der Waals surface area contributed by atoms with E-state index in [-0.39, 0.29) is 5.78 Å². The number of hydrogen-bond acceptors (Lipinski definition) is 3. The van der Waals surface area contributed by atoms with Gasteiger partial charge in [-0.25, -0.2) is 9.97 Å². The lowest BCUT2D eigenvalue weighted by molar-refractivity contribution is 0.0960. The van der Waals surface area contributed by atoms with Gasteiger partial charge in [0, 0.05) is 18.8 Å². The lowest BCUT2D eigenvalue weighted by Crippen LogP contribution is -2.20. The maximum Gasteiger partial charge on any atom is 0.200 e. The number of carbonyl (C=O) groups is 1. The first kappa shape index (κ1) is 10.1. The minimum Gasteiger partial charge on any atom is -0.291 e. The zero-order chi connectivity index (χ0) is 11.7. The fraction of sp³-hybridized carbons (Fsp3) is 0.214. The van der Waals surface area contributed by atoms with Gasteiger partial charge in [-0.15, -0.1) is 0 Å². The SMILES string of the molecule is O=C(CC1Cc2ccccc21)c1ncccn1. The molecule has 1 aromatic heterocycles. The second kappa shape index (κ2) is 4.09. The van der Waals surface area contributed by atoms with Crippen molar-refractivity contribution >= 4 is 5.78 Å². The molecule has 0 N–H and O–H groups in total. The average Bonchev–Trinajstić information content (AvgIpc) is 2.37. The Morgan fingerprint density at radius 2 is 1.94 bits per heavy atom. The van der Waals surface area contributed by atoms with Crippen LogP contribution in [0.5, 0.6) is 0 Å². The molecule has 3 heteroatoms. The molecule has 0 amide bonds. The number of nitrogens with zero attached hydrogens (tertiary/aromatic N) is 2. The number of fused-ring (bicyclic) bond motifs is 1. The molecule has 17 heavy (non-hydrogen) atoms. The second-order valence-corrected chi connectivity index (χ2v) is 4.30. The molecule has 0 fully saturated rings. The lowest BCUT2D eigenvalue weighted by Gasteiger charge is -2.29. The summed E-state index contributed by atoms with van der Waals surface area (Å²) in [7, 11) is 0. The van der Waals surface area contributed by atoms with Crippen LogP contribution in [0.1, 0.15) is 34.1 Å². The van der Waals surface area contributed by atoms with Crippen molar-refractivity contribution in [1.29, 1.82) is 0 Å². The van der Waals surface area contributed by atoms with Gasteiger partial charge >= 0.3 is 0 Å². The summed E-state index contributed by atoms with van der Waals surface area (Å²) in [5.74, 6) is 0.712. The van der Waals surface area contributed by atoms with E-state index >= 15 is 0 Å². The van der Waals surface area contributed by atoms with Crippen molar-refractivity contribution in [3.05, 3.63) is 59.7 Å². The van der Waals surface area contributed by atoms with E-state index in [0.717, 1.165) is 6.42 Å². The van der Waals surface area contributed by atoms with E-state index in [1.165, 1.54) is 11.1 Å². The molecular formula is C14H12N2O. The highest BCUT2D eigenvalue weighted by Crippen LogP contribution is 2.37. The Hall–Kier alpha value is -2.03. The first-order valence-electron chi connectivity index (χ1n) is 5.72. The van der Waals surface area contributed by atoms with Gasteiger partial charge in [0.05, 0.1) is 0 Å². The van der Waals surface area contributed by atoms with Gasteiger partial charge in [0.15, 0.2) is 5.82 Å². The second-order valence-electron chi connectivity index (χ2n) is 4.30. The molecule has 1 aliphatic rings. The van der Waals surface area contributed by atoms with Crippen LogP contribution >= 0.6 is 0 Å². The largest absolute Gasteiger partial charge is 0.291 e. The van der Waals surface area contributed by atoms with E-state index in [9.17, 15) is 4.79 Å². The van der Waals surface area contributed by atoms with Gasteiger partial charge < -0.3 is 0 Å². The highest BCUT2D eigenvalue weighted by atomic mass is 16.1. The van der Waals surface area contributed by atoms with Crippen LogP contribution in [-0.4, -0.2) is 15.8 Å². The van der Waals surface area contributed by atoms with Gasteiger partial charge in [0.25, 0.3) is 0 Å². The van der Waals surface area contributed by atoms with Crippen LogP contribution in [0, 0.1) is 0 Å². The fourth-order valence-electron chi connectivity index (χ4n) is 2.30. The highest BCUT2D eigenvalue weighted by Gasteiger charge is 2.28. The summed E-state index contributed by atoms with van der Waals surface area (Å²) in [6.07, 6.45) is 4.72. The third-order valence-corrected chi connectivity index (χ3v) is 3.21. The first-order chi connectivity index (χ1) is 8.34. The van der Waals surface area contributed by atoms with Crippen molar-refractivity contribution in [3.8, 4) is 0 Å². The van der Waals surface area contributed by atoms with Crippen molar-refractivity contribution in [2.45, 2.75) is 18.8 Å². The van der Waals surface area contributed by atoms with Crippen LogP contribution < -0.4 is 0 Å². The van der Waals surface area contributed by atoms with Gasteiger partial charge in [0.2, 0.25) is 5.78 Å². The van der Waals surface area contributed by atoms with Crippen LogP contribution in [0.15, 0.2) is 42.7 Å². The fourth-order valence-corrected chi connectivity index (χ4v) is 2.30. The molecule has 1 heterocycles. The number of aromatic nitrogens is 2. The monoisotopic (exact) mass is 224 g/mol. The predicted octanol–water partition coefficient (Wildman–Crippen LogP) is 2.39. The van der Waals surface area contributed by atoms with Crippen molar-refractivity contribution in [1.82, 2.24) is 9.97 Å². The summed E-state index contributed by atoms with van der Waals surface area (Å²) in [5.41, 5.74) is 2.66. The molecule has 0 saturated heterocycles. The normalized spacial score (nSPS) is 17.1. The quantitative estimate of drug-likeness (QED) is 0.752. The number of hydrogen-bond donors (Lipinski definition) is 0. The minimum absolute atomic E-state index is 0.0325. The molecule has 1 aromatic carbocycles. The smallest absolute Gasteiger partial charge is 0.200 e. The third kappa shape index (κ3) is 1.84. The Morgan fingerprint density at radius 3 is 2.71 bits per heavy atom. The molecule has 0 saturated carbocycles. The predicted molar refractivity (Wildman–Crippen MR) is 63.9 cm³/mol. The number of rotatable bonds is 3. The van der Waals surface area contributed by atoms with E-state index in [1.807, 2.05) is 12.1 Å². The zero-order valence-electron chi connectivity index (χ0n) is 9.34. The van der Waals surface area contributed by atoms with Crippen molar-refractivity contribution in [2.24, 2.45) is 0 Å². The number of Topliss-reactive ketones (excluding diaryl/α,β-unsaturated/α-hetero) is 1. The van der Waals surface area contributed by atoms with E-state index in [4.69, 9.17) is 0 Å². The average molecular weight is 224 g/mol. The zero-order valence-corrected chi connectivity index (χ0v) is 9.34. The topological polar surface area (TPSA) is 42.9 Å². The summed E-state index contributed by atoms with van der Waals surface area (Å²) in [5, 5.41) is 0. The van der Waals surface area contributed by atoms with E-state index < -0.39 is 0 Å². The summed E-state index contributed by atoms with van der Waals surface area (Å²) in [6.45, 7) is 0. The summed E-state index contributed by atoms with van der Waals surface area (Å²) >= 11 is 0. The lowest BCUT2D eigenvalue weighted by atomic mass is 9.75. The number of carbonyl (C=O) groups excluding carboxylic acids is 1. The van der Waals surface area contributed by atoms with E-state index in [2.05, 4.69) is 22.1 Å². The van der Waals surface area contributed by atoms with Crippen molar-refractivity contribution < 1.29 is 4.79 Å². The van der Waals surface area contributed by atoms with Crippen LogP contribution in [0.25, 0.3) is 0 Å². The van der Waals surface area contributed by atoms with Crippen LogP contribution in [0.3, 0.4) is 0 Å². The molecule has 3 nitrogen and oxygen atoms in total. The summed E-state index contributed by atoms with van der Waals surface area (Å²) < 4.78 is 0. The van der Waals surface area contributed by atoms with Gasteiger partial charge in [-0.3, -0.25) is 4.79 Å². The molecule has 0 bridgehead atoms. The maximum atomic E-state index is 11.9. The third-order valence-electron chi connectivity index (χ3n) is 3.21. The van der Waals surface area contributed by atoms with Gasteiger partial charge in [-0.2, -0.15) is 0 Å². The molecule has 3 rings (SSSR count). The highest BCUT2D eigenvalue weighted by molar-refractivity contribution is 5.93. The van der Waals surface area contributed by atoms with Crippen molar-refractivity contribution in [2.75, 3.05) is 0 Å². The molecule has 84 valence electrons. The molecule has 1 aliphatic carbocycles. The Labute approximate surface area is 99.5 Å². The van der Waals surface area contributed by atoms with E-state index in [0.29, 0.717) is 18.2 Å². The maximum absolute atomic E-state index is 11.9. The Kier molecular flexibility index (Phi) is 2.44. The van der Waals surface area contributed by atoms with Gasteiger partial charge in [-0.05, 0) is 29.5 Å². The molecule has 0 spiro atoms. The molecule has 1 unspecified atom stereocenters. The molecule has 0 aliphatic heterocycles. The van der Waals surface area contributed by atoms with Crippen LogP contribution in [-0.2, 0) is 6.42 Å². The van der Waals surface area contributed by atoms with E-state index in [1.54, 1.807) is 18.5 Å². The Morgan fingerprint density at radius 1 is 1.18 bits per heavy atom. The minimum atomic E-state index is 0.0325. The van der Waals surface area contributed by atoms with Crippen molar-refractivity contribution in [3.63, 3.8) is 0 Å². The molecule has 0 radical (unpaired) electrons. The first-order valence-corrected chi connectivity index (χ1v) is 5.72. The van der Waals surface area contributed by atoms with Gasteiger partial charge in [-0.1, -0.05) is 24.3 Å². The number of ketones is 1. The molecule has 2 aromatic rings. The standard InChI is InChI=1S/C14H12N2O/c17-13(14-15-6-3-7-16-14)9-11-8-10-4-1-2-5-12(10)11/h1-7,11H,8-9H2. The Bertz CT molecular complexity index is 551. The van der Waals surface area contributed by atoms with Gasteiger partial charge in [0.1, 0.15) is 0 Å². The molecular weight excluding hydrogens is 212 g/mol.